The second-order valence-corrected chi connectivity index (χ2v) is 4.42. The van der Waals surface area contributed by atoms with Crippen molar-refractivity contribution in [2.45, 2.75) is 6.55 Å². The average Bonchev–Trinajstić information content (AvgIpc) is 1.87. The molecule has 0 atom stereocenters. The van der Waals surface area contributed by atoms with Crippen LogP contribution in [0.15, 0.2) is 0 Å². The zero-order valence-corrected chi connectivity index (χ0v) is 7.97. The minimum atomic E-state index is -2.17. The third-order valence-electron chi connectivity index (χ3n) is 1.11. The van der Waals surface area contributed by atoms with Crippen LogP contribution >= 0.6 is 0 Å². The van der Waals surface area contributed by atoms with E-state index in [0.717, 1.165) is 0 Å². The second kappa shape index (κ2) is 5.41. The maximum Gasteiger partial charge on any atom is 0.496 e. The number of rotatable bonds is 3. The van der Waals surface area contributed by atoms with E-state index in [9.17, 15) is 0 Å². The van der Waals surface area contributed by atoms with Gasteiger partial charge in [0.1, 0.15) is 0 Å². The molecule has 5 heteroatoms. The van der Waals surface area contributed by atoms with Gasteiger partial charge in [-0.2, -0.15) is 0 Å². The van der Waals surface area contributed by atoms with Crippen molar-refractivity contribution in [3.63, 3.8) is 0 Å². The molecule has 0 unspecified atom stereocenters. The molecule has 0 spiro atoms. The van der Waals surface area contributed by atoms with E-state index in [0.29, 0.717) is 0 Å². The molecule has 9 heavy (non-hydrogen) atoms. The summed E-state index contributed by atoms with van der Waals surface area (Å²) in [6, 6.07) is 0. The van der Waals surface area contributed by atoms with Gasteiger partial charge in [0.25, 0.3) is 0 Å². The summed E-state index contributed by atoms with van der Waals surface area (Å²) >= 11 is 0. The molecule has 0 aliphatic heterocycles. The second-order valence-electron chi connectivity index (χ2n) is 1.47. The molecular weight excluding hydrogens is 188 g/mol. The van der Waals surface area contributed by atoms with Crippen molar-refractivity contribution in [1.82, 2.24) is 0 Å². The number of hydrogen-bond donors (Lipinski definition) is 0. The van der Waals surface area contributed by atoms with Crippen LogP contribution in [0.1, 0.15) is 0 Å². The molecule has 1 radical (unpaired) electrons. The minimum Gasteiger partial charge on any atom is -0.377 e. The van der Waals surface area contributed by atoms with Crippen molar-refractivity contribution in [3.8, 4) is 0 Å². The van der Waals surface area contributed by atoms with Crippen LogP contribution in [0.2, 0.25) is 6.55 Å². The van der Waals surface area contributed by atoms with Gasteiger partial charge >= 0.3 is 8.80 Å². The topological polar surface area (TPSA) is 27.7 Å². The largest absolute Gasteiger partial charge is 0.496 e. The Morgan fingerprint density at radius 2 is 1.11 bits per heavy atom. The van der Waals surface area contributed by atoms with E-state index in [1.54, 1.807) is 21.3 Å². The fourth-order valence-corrected chi connectivity index (χ4v) is 0.750. The predicted octanol–water partition coefficient (Wildman–Crippen LogP) is 0.492. The normalized spacial score (nSPS) is 10.7. The molecule has 0 heterocycles. The van der Waals surface area contributed by atoms with Gasteiger partial charge in [-0.25, -0.2) is 0 Å². The first-order valence-corrected chi connectivity index (χ1v) is 4.56. The minimum absolute atomic E-state index is 0. The molecule has 0 aromatic carbocycles. The molecule has 0 aromatic heterocycles. The van der Waals surface area contributed by atoms with E-state index < -0.39 is 8.80 Å². The molecular formula is C4H12CuO3Si. The van der Waals surface area contributed by atoms with Crippen molar-refractivity contribution in [2.75, 3.05) is 21.3 Å². The van der Waals surface area contributed by atoms with E-state index >= 15 is 0 Å². The molecule has 0 saturated heterocycles. The van der Waals surface area contributed by atoms with E-state index in [4.69, 9.17) is 13.3 Å². The summed E-state index contributed by atoms with van der Waals surface area (Å²) in [5.74, 6) is 0. The van der Waals surface area contributed by atoms with Crippen molar-refractivity contribution in [3.05, 3.63) is 0 Å². The summed E-state index contributed by atoms with van der Waals surface area (Å²) in [7, 11) is 2.58. The number of hydrogen-bond acceptors (Lipinski definition) is 3. The van der Waals surface area contributed by atoms with Crippen molar-refractivity contribution in [1.29, 1.82) is 0 Å². The summed E-state index contributed by atoms with van der Waals surface area (Å²) in [6.45, 7) is 1.83. The maximum absolute atomic E-state index is 4.93. The summed E-state index contributed by atoms with van der Waals surface area (Å²) in [5, 5.41) is 0. The van der Waals surface area contributed by atoms with Crippen LogP contribution in [0.5, 0.6) is 0 Å². The van der Waals surface area contributed by atoms with E-state index in [1.165, 1.54) is 0 Å². The Bertz CT molecular complexity index is 58.6. The molecule has 61 valence electrons. The van der Waals surface area contributed by atoms with Crippen LogP contribution < -0.4 is 0 Å². The van der Waals surface area contributed by atoms with Gasteiger partial charge in [-0.05, 0) is 0 Å². The van der Waals surface area contributed by atoms with Crippen LogP contribution in [0.4, 0.5) is 0 Å². The van der Waals surface area contributed by atoms with Crippen molar-refractivity contribution >= 4 is 8.80 Å². The summed E-state index contributed by atoms with van der Waals surface area (Å²) in [5.41, 5.74) is 0. The monoisotopic (exact) mass is 199 g/mol. The van der Waals surface area contributed by atoms with Crippen LogP contribution in [-0.4, -0.2) is 30.1 Å². The van der Waals surface area contributed by atoms with Gasteiger partial charge in [0.15, 0.2) is 0 Å². The molecule has 0 saturated carbocycles. The van der Waals surface area contributed by atoms with Crippen LogP contribution in [0, 0.1) is 0 Å². The first kappa shape index (κ1) is 12.3. The summed E-state index contributed by atoms with van der Waals surface area (Å²) < 4.78 is 14.8. The Labute approximate surface area is 67.5 Å². The van der Waals surface area contributed by atoms with Gasteiger partial charge in [-0.15, -0.1) is 0 Å². The van der Waals surface area contributed by atoms with Crippen LogP contribution in [-0.2, 0) is 30.3 Å². The first-order valence-electron chi connectivity index (χ1n) is 2.34. The third kappa shape index (κ3) is 4.08. The molecule has 0 aliphatic carbocycles. The molecule has 0 rings (SSSR count). The fraction of sp³-hybridized carbons (Fsp3) is 1.00. The first-order chi connectivity index (χ1) is 3.68. The van der Waals surface area contributed by atoms with E-state index in [2.05, 4.69) is 0 Å². The molecule has 0 aromatic rings. The Morgan fingerprint density at radius 1 is 0.889 bits per heavy atom. The van der Waals surface area contributed by atoms with Crippen molar-refractivity contribution in [2.24, 2.45) is 0 Å². The standard InChI is InChI=1S/C4H12O3Si.Cu/c1-5-8(4,6-2)7-3;/h1-4H3;. The molecule has 0 bridgehead atoms. The quantitative estimate of drug-likeness (QED) is 0.620. The Morgan fingerprint density at radius 3 is 1.11 bits per heavy atom. The third-order valence-corrected chi connectivity index (χ3v) is 3.34. The SMILES string of the molecule is CO[Si](C)(OC)OC.[Cu]. The van der Waals surface area contributed by atoms with Crippen LogP contribution in [0.3, 0.4) is 0 Å². The van der Waals surface area contributed by atoms with E-state index in [-0.39, 0.29) is 17.1 Å². The molecule has 0 fully saturated rings. The summed E-state index contributed by atoms with van der Waals surface area (Å²) in [4.78, 5) is 0. The zero-order chi connectivity index (χ0) is 6.62. The van der Waals surface area contributed by atoms with Crippen molar-refractivity contribution < 1.29 is 30.3 Å². The zero-order valence-electron chi connectivity index (χ0n) is 6.03. The summed E-state index contributed by atoms with van der Waals surface area (Å²) in [6.07, 6.45) is 0. The Hall–Kier alpha value is 0.616. The Kier molecular flexibility index (Phi) is 7.39. The molecule has 0 aliphatic rings. The predicted molar refractivity (Wildman–Crippen MR) is 32.6 cm³/mol. The van der Waals surface area contributed by atoms with Gasteiger partial charge < -0.3 is 13.3 Å². The smallest absolute Gasteiger partial charge is 0.377 e. The Balaban J connectivity index is 0. The molecule has 0 amide bonds. The van der Waals surface area contributed by atoms with Gasteiger partial charge in [-0.1, -0.05) is 0 Å². The van der Waals surface area contributed by atoms with Gasteiger partial charge in [0.05, 0.1) is 0 Å². The van der Waals surface area contributed by atoms with Gasteiger partial charge in [-0.3, -0.25) is 0 Å². The molecule has 3 nitrogen and oxygen atoms in total. The van der Waals surface area contributed by atoms with Gasteiger partial charge in [0.2, 0.25) is 0 Å². The average molecular weight is 200 g/mol. The van der Waals surface area contributed by atoms with Gasteiger partial charge in [0, 0.05) is 44.9 Å². The molecule has 0 N–H and O–H groups in total. The maximum atomic E-state index is 4.93. The fourth-order valence-electron chi connectivity index (χ4n) is 0.250. The van der Waals surface area contributed by atoms with Crippen LogP contribution in [0.25, 0.3) is 0 Å². The van der Waals surface area contributed by atoms with E-state index in [1.807, 2.05) is 6.55 Å².